The summed E-state index contributed by atoms with van der Waals surface area (Å²) in [5.74, 6) is 3.05. The summed E-state index contributed by atoms with van der Waals surface area (Å²) < 4.78 is 30.2. The second-order valence-electron chi connectivity index (χ2n) is 48.5. The van der Waals surface area contributed by atoms with Crippen molar-refractivity contribution in [2.45, 2.75) is 466 Å². The lowest BCUT2D eigenvalue weighted by Gasteiger charge is -2.21. The van der Waals surface area contributed by atoms with Gasteiger partial charge in [-0.15, -0.1) is 0 Å². The summed E-state index contributed by atoms with van der Waals surface area (Å²) in [4.78, 5) is 223. The standard InChI is InChI=1S/C18H32O4.C17H31NO4.C17H32O3.2C16H29NO4.C13H25NO3.C12H22O2.C12H24O/c1-14(2)17(21)8-6-7-15(19)9-11-22-12-10-16(20)13-18(3,4)5;1-12(2)6-7-15(19)10-14(11-16(20)13(3)4)17(21)18-8-9-22-5;1-14(2)7-6-8-15(18)9-11-20-12-10-16(19)13-17(3,4)5;1-11(2)8-14(18)9-13(10-15(19)12(3)4)16(20)17-6-7-21-5;1-11(2)10-15(19)17-14(16(20)12(3)4)7-6-13(18)8-9-21-5;1-9(2)8-11(13(16)10(3)4)14-12(15)6-7-17-5;1-9(2)8-11(13)6-5-7-12(14)10(3)4;1-10(2)9-11(13)7-6-8-12(3,4)5/h14H,6-13H2,1-5H3;12-14H,6-11H2,1-5H3,(H,18,21);14H,6-13H2,1-5H3;11-13H,6-10H2,1-5H3,(H,17,20);11-12,14H,6-10H2,1-5H3,(H,17,19);9-11H,6-8H2,1-5H3,(H,14,15);9-10H,5-8H2,1-4H3;10H,6-9H2,1-5H3. The quantitative estimate of drug-likeness (QED) is 0.0411. The van der Waals surface area contributed by atoms with E-state index in [-0.39, 0.29) is 201 Å². The van der Waals surface area contributed by atoms with E-state index >= 15 is 0 Å². The highest BCUT2D eigenvalue weighted by Gasteiger charge is 2.31. The average molecular weight is 2140 g/mol. The molecule has 878 valence electrons. The number of amides is 4. The molecule has 29 nitrogen and oxygen atoms in total. The zero-order valence-corrected chi connectivity index (χ0v) is 102. The van der Waals surface area contributed by atoms with E-state index in [0.29, 0.717) is 235 Å². The molecule has 0 aliphatic carbocycles. The van der Waals surface area contributed by atoms with Crippen molar-refractivity contribution >= 4 is 110 Å². The molecule has 0 aliphatic heterocycles. The van der Waals surface area contributed by atoms with E-state index < -0.39 is 17.9 Å². The van der Waals surface area contributed by atoms with Crippen molar-refractivity contribution in [2.24, 2.45) is 105 Å². The van der Waals surface area contributed by atoms with Gasteiger partial charge >= 0.3 is 0 Å². The van der Waals surface area contributed by atoms with Gasteiger partial charge in [0.1, 0.15) is 75.2 Å². The van der Waals surface area contributed by atoms with Gasteiger partial charge in [0.25, 0.3) is 0 Å². The minimum absolute atomic E-state index is 0.0132. The van der Waals surface area contributed by atoms with Crippen molar-refractivity contribution in [1.82, 2.24) is 21.3 Å². The topological polar surface area (TPSA) is 428 Å². The minimum atomic E-state index is -0.567. The summed E-state index contributed by atoms with van der Waals surface area (Å²) in [5.41, 5.74) is 0.433. The van der Waals surface area contributed by atoms with Crippen molar-refractivity contribution in [2.75, 3.05) is 94.4 Å². The molecule has 0 aromatic rings. The predicted octanol–water partition coefficient (Wildman–Crippen LogP) is 23.0. The van der Waals surface area contributed by atoms with E-state index in [2.05, 4.69) is 104 Å². The van der Waals surface area contributed by atoms with Gasteiger partial charge in [-0.3, -0.25) is 91.1 Å². The van der Waals surface area contributed by atoms with Crippen molar-refractivity contribution in [1.29, 1.82) is 0 Å². The summed E-state index contributed by atoms with van der Waals surface area (Å²) >= 11 is 0. The first-order valence-corrected chi connectivity index (χ1v) is 56.4. The molecule has 0 saturated heterocycles. The second-order valence-corrected chi connectivity index (χ2v) is 48.5. The van der Waals surface area contributed by atoms with E-state index in [0.717, 1.165) is 51.4 Å². The zero-order valence-electron chi connectivity index (χ0n) is 102. The first-order valence-electron chi connectivity index (χ1n) is 56.4. The van der Waals surface area contributed by atoms with Crippen LogP contribution in [0.4, 0.5) is 0 Å². The number of ether oxygens (including phenoxy) is 6. The second kappa shape index (κ2) is 95.1. The third kappa shape index (κ3) is 113. The fraction of sp³-hybridized carbons (Fsp3) is 0.843. The van der Waals surface area contributed by atoms with Crippen LogP contribution in [0.2, 0.25) is 0 Å². The molecule has 4 atom stereocenters. The Kier molecular flexibility index (Phi) is 100. The lowest BCUT2D eigenvalue weighted by molar-refractivity contribution is -0.133. The largest absolute Gasteiger partial charge is 0.384 e. The minimum Gasteiger partial charge on any atom is -0.384 e. The SMILES string of the molecule is CC(C)C(=O)CCCC(=O)CCOCCC(=O)CC(C)(C)C.CC(C)CC(=O)CCCC(=O)C(C)C.CC(C)CC(=O)CCCC(C)(C)C.CC(C)CCCC(=O)CCOCCC(=O)CC(C)(C)C.COCCC(=O)CCC(NC(=O)CC(C)C)C(=O)C(C)C.COCCC(=O)NC(CC(C)C)C(=O)C(C)C.COCCNC(=O)C(CC(=O)CC(C)C)CC(=O)C(C)C.COCCNC(=O)C(CC(=O)CCC(C)C)CC(=O)C(C)C. The number of ketones is 15. The maximum absolute atomic E-state index is 12.2. The van der Waals surface area contributed by atoms with Crippen LogP contribution in [0.15, 0.2) is 0 Å². The third-order valence-electron chi connectivity index (χ3n) is 22.8. The van der Waals surface area contributed by atoms with Gasteiger partial charge in [-0.25, -0.2) is 0 Å². The first kappa shape index (κ1) is 158. The number of Topliss-reactive ketones (excluding diaryl/α,β-unsaturated/α-hetero) is 15. The smallest absolute Gasteiger partial charge is 0.224 e. The van der Waals surface area contributed by atoms with Gasteiger partial charge in [-0.2, -0.15) is 0 Å². The van der Waals surface area contributed by atoms with Crippen LogP contribution in [-0.4, -0.2) is 217 Å². The van der Waals surface area contributed by atoms with Crippen LogP contribution >= 0.6 is 0 Å². The van der Waals surface area contributed by atoms with Gasteiger partial charge in [0.15, 0.2) is 11.6 Å². The van der Waals surface area contributed by atoms with E-state index in [4.69, 9.17) is 28.4 Å². The average Bonchev–Trinajstić information content (AvgIpc) is 0.925. The van der Waals surface area contributed by atoms with Crippen LogP contribution in [0.25, 0.3) is 0 Å². The van der Waals surface area contributed by atoms with Crippen molar-refractivity contribution < 1.29 is 120 Å². The lowest BCUT2D eigenvalue weighted by Crippen LogP contribution is -2.43. The third-order valence-corrected chi connectivity index (χ3v) is 22.8. The molecule has 0 saturated carbocycles. The van der Waals surface area contributed by atoms with Gasteiger partial charge in [0.05, 0.1) is 76.8 Å². The molecule has 0 bridgehead atoms. The Balaban J connectivity index is -0.000000257. The Morgan fingerprint density at radius 2 is 0.540 bits per heavy atom. The van der Waals surface area contributed by atoms with Gasteiger partial charge in [0, 0.05) is 231 Å². The van der Waals surface area contributed by atoms with Crippen LogP contribution in [0.3, 0.4) is 0 Å². The van der Waals surface area contributed by atoms with E-state index in [1.54, 1.807) is 56.1 Å². The van der Waals surface area contributed by atoms with Crippen LogP contribution in [-0.2, 0) is 120 Å². The monoisotopic (exact) mass is 2130 g/mol. The highest BCUT2D eigenvalue weighted by molar-refractivity contribution is 5.94. The summed E-state index contributed by atoms with van der Waals surface area (Å²) in [6.45, 7) is 73.7. The number of methoxy groups -OCH3 is 4. The summed E-state index contributed by atoms with van der Waals surface area (Å²) in [5, 5.41) is 11.0. The summed E-state index contributed by atoms with van der Waals surface area (Å²) in [6, 6.07) is -0.929. The highest BCUT2D eigenvalue weighted by Crippen LogP contribution is 2.26. The lowest BCUT2D eigenvalue weighted by atomic mass is 9.89. The molecule has 29 heteroatoms. The molecule has 0 aromatic carbocycles. The molecule has 0 aromatic heterocycles. The highest BCUT2D eigenvalue weighted by atomic mass is 16.5. The number of carbonyl (C=O) groups is 19. The van der Waals surface area contributed by atoms with E-state index in [9.17, 15) is 91.1 Å². The molecule has 0 aliphatic rings. The number of nitrogens with one attached hydrogen (secondary N) is 4. The number of carbonyl (C=O) groups excluding carboxylic acids is 19. The van der Waals surface area contributed by atoms with Gasteiger partial charge < -0.3 is 49.7 Å². The maximum atomic E-state index is 12.2. The molecule has 0 fully saturated rings. The van der Waals surface area contributed by atoms with Crippen molar-refractivity contribution in [3.63, 3.8) is 0 Å². The maximum Gasteiger partial charge on any atom is 0.224 e. The van der Waals surface area contributed by atoms with E-state index in [1.807, 2.05) is 132 Å². The Labute approximate surface area is 912 Å². The Morgan fingerprint density at radius 3 is 0.880 bits per heavy atom. The Bertz CT molecular complexity index is 3710. The predicted molar refractivity (Wildman–Crippen MR) is 605 cm³/mol. The van der Waals surface area contributed by atoms with Crippen LogP contribution in [0, 0.1) is 105 Å². The van der Waals surface area contributed by atoms with Crippen molar-refractivity contribution in [3.05, 3.63) is 0 Å². The number of rotatable bonds is 77. The fourth-order valence-electron chi connectivity index (χ4n) is 14.2. The molecule has 150 heavy (non-hydrogen) atoms. The number of hydrogen-bond acceptors (Lipinski definition) is 25. The molecule has 0 rings (SSSR count). The Hall–Kier alpha value is -7.31. The van der Waals surface area contributed by atoms with Gasteiger partial charge in [0.2, 0.25) is 23.6 Å². The Morgan fingerprint density at radius 1 is 0.233 bits per heavy atom. The molecule has 4 amide bonds. The van der Waals surface area contributed by atoms with Crippen molar-refractivity contribution in [3.8, 4) is 0 Å². The summed E-state index contributed by atoms with van der Waals surface area (Å²) in [6.07, 6.45) is 18.0. The molecule has 0 spiro atoms. The molecule has 4 unspecified atom stereocenters. The number of hydrogen-bond donors (Lipinski definition) is 4. The van der Waals surface area contributed by atoms with Crippen LogP contribution < -0.4 is 21.3 Å². The van der Waals surface area contributed by atoms with Gasteiger partial charge in [-0.05, 0) is 109 Å². The van der Waals surface area contributed by atoms with E-state index in [1.165, 1.54) is 0 Å². The fourth-order valence-corrected chi connectivity index (χ4v) is 14.2. The molecular formula is C121H224N4O25. The van der Waals surface area contributed by atoms with Crippen LogP contribution in [0.1, 0.15) is 454 Å². The van der Waals surface area contributed by atoms with Crippen LogP contribution in [0.5, 0.6) is 0 Å². The normalized spacial score (nSPS) is 12.2. The summed E-state index contributed by atoms with van der Waals surface area (Å²) in [7, 11) is 6.21. The molecule has 4 N–H and O–H groups in total. The molecule has 0 radical (unpaired) electrons. The molecular weight excluding hydrogens is 1910 g/mol. The zero-order chi connectivity index (χ0) is 118. The van der Waals surface area contributed by atoms with Gasteiger partial charge in [-0.1, -0.05) is 249 Å². The first-order chi connectivity index (χ1) is 69.3. The molecule has 0 heterocycles.